The minimum atomic E-state index is -0.154. The smallest absolute Gasteiger partial charge is 0.410 e. The number of rotatable bonds is 2. The third-order valence-electron chi connectivity index (χ3n) is 4.27. The summed E-state index contributed by atoms with van der Waals surface area (Å²) in [5.41, 5.74) is 2.63. The summed E-state index contributed by atoms with van der Waals surface area (Å²) in [5.74, 6) is 0. The molecule has 2 fully saturated rings. The molecule has 0 bridgehead atoms. The van der Waals surface area contributed by atoms with Crippen LogP contribution in [-0.2, 0) is 15.7 Å². The number of hydrogen-bond acceptors (Lipinski definition) is 2. The molecule has 0 N–H and O–H groups in total. The molecular weight excluding hydrogens is 238 g/mol. The number of carbonyl (C=O) groups is 1. The Labute approximate surface area is 114 Å². The molecule has 0 radical (unpaired) electrons. The molecule has 3 rings (SSSR count). The van der Waals surface area contributed by atoms with Crippen molar-refractivity contribution in [1.82, 2.24) is 4.90 Å². The third kappa shape index (κ3) is 2.01. The number of carbonyl (C=O) groups excluding carboxylic acids is 1. The van der Waals surface area contributed by atoms with Crippen LogP contribution in [0.15, 0.2) is 24.3 Å². The summed E-state index contributed by atoms with van der Waals surface area (Å²) in [6, 6.07) is 8.69. The van der Waals surface area contributed by atoms with Crippen LogP contribution in [0.25, 0.3) is 0 Å². The Kier molecular flexibility index (Phi) is 2.63. The van der Waals surface area contributed by atoms with Crippen LogP contribution < -0.4 is 0 Å². The van der Waals surface area contributed by atoms with Crippen molar-refractivity contribution in [2.24, 2.45) is 0 Å². The second-order valence-electron chi connectivity index (χ2n) is 6.63. The summed E-state index contributed by atoms with van der Waals surface area (Å²) >= 11 is 0. The zero-order chi connectivity index (χ0) is 13.7. The van der Waals surface area contributed by atoms with Gasteiger partial charge in [0.2, 0.25) is 0 Å². The van der Waals surface area contributed by atoms with Crippen molar-refractivity contribution in [1.29, 1.82) is 0 Å². The van der Waals surface area contributed by atoms with Crippen LogP contribution in [0.5, 0.6) is 0 Å². The van der Waals surface area contributed by atoms with Crippen molar-refractivity contribution in [3.63, 3.8) is 0 Å². The molecule has 3 heteroatoms. The van der Waals surface area contributed by atoms with Gasteiger partial charge in [0.25, 0.3) is 0 Å². The van der Waals surface area contributed by atoms with Crippen molar-refractivity contribution in [3.05, 3.63) is 35.4 Å². The van der Waals surface area contributed by atoms with Crippen LogP contribution in [0, 0.1) is 0 Å². The van der Waals surface area contributed by atoms with E-state index in [0.29, 0.717) is 6.61 Å². The highest BCUT2D eigenvalue weighted by Crippen LogP contribution is 2.52. The fraction of sp³-hybridized carbons (Fsp3) is 0.562. The van der Waals surface area contributed by atoms with Crippen molar-refractivity contribution < 1.29 is 9.53 Å². The van der Waals surface area contributed by atoms with Gasteiger partial charge in [0.1, 0.15) is 6.61 Å². The average Bonchev–Trinajstić information content (AvgIpc) is 3.06. The van der Waals surface area contributed by atoms with Crippen LogP contribution in [0.2, 0.25) is 0 Å². The van der Waals surface area contributed by atoms with Gasteiger partial charge >= 0.3 is 6.09 Å². The molecule has 1 aromatic rings. The lowest BCUT2D eigenvalue weighted by molar-refractivity contribution is 0.143. The fourth-order valence-electron chi connectivity index (χ4n) is 2.89. The van der Waals surface area contributed by atoms with Crippen LogP contribution in [0.4, 0.5) is 4.79 Å². The van der Waals surface area contributed by atoms with Gasteiger partial charge in [0, 0.05) is 0 Å². The maximum atomic E-state index is 11.8. The van der Waals surface area contributed by atoms with Gasteiger partial charge in [-0.25, -0.2) is 4.79 Å². The lowest BCUT2D eigenvalue weighted by Crippen LogP contribution is -2.36. The molecule has 1 aliphatic carbocycles. The number of nitrogens with zero attached hydrogens (tertiary/aromatic N) is 1. The number of amides is 1. The molecule has 3 nitrogen and oxygen atoms in total. The van der Waals surface area contributed by atoms with Gasteiger partial charge in [0.05, 0.1) is 12.1 Å². The molecule has 1 heterocycles. The Morgan fingerprint density at radius 3 is 2.53 bits per heavy atom. The summed E-state index contributed by atoms with van der Waals surface area (Å²) in [7, 11) is 0. The van der Waals surface area contributed by atoms with Gasteiger partial charge in [0.15, 0.2) is 0 Å². The molecule has 1 saturated carbocycles. The van der Waals surface area contributed by atoms with Gasteiger partial charge in [-0.05, 0) is 29.4 Å². The summed E-state index contributed by atoms with van der Waals surface area (Å²) in [4.78, 5) is 13.7. The van der Waals surface area contributed by atoms with E-state index >= 15 is 0 Å². The van der Waals surface area contributed by atoms with Crippen molar-refractivity contribution >= 4 is 6.09 Å². The second-order valence-corrected chi connectivity index (χ2v) is 6.63. The number of cyclic esters (lactones) is 1. The minimum absolute atomic E-state index is 0.0884. The Hall–Kier alpha value is -1.51. The number of ether oxygens (including phenoxy) is 1. The first-order valence-corrected chi connectivity index (χ1v) is 6.99. The first-order chi connectivity index (χ1) is 8.93. The van der Waals surface area contributed by atoms with E-state index in [4.69, 9.17) is 4.74 Å². The lowest BCUT2D eigenvalue weighted by Gasteiger charge is -2.28. The van der Waals surface area contributed by atoms with Gasteiger partial charge in [-0.1, -0.05) is 45.0 Å². The molecule has 0 unspecified atom stereocenters. The van der Waals surface area contributed by atoms with E-state index in [1.165, 1.54) is 11.1 Å². The van der Waals surface area contributed by atoms with Gasteiger partial charge in [-0.15, -0.1) is 0 Å². The molecule has 0 atom stereocenters. The normalized spacial score (nSPS) is 21.4. The second kappa shape index (κ2) is 3.99. The van der Waals surface area contributed by atoms with Crippen LogP contribution in [0.1, 0.15) is 44.7 Å². The van der Waals surface area contributed by atoms with Crippen LogP contribution in [0.3, 0.4) is 0 Å². The maximum absolute atomic E-state index is 11.8. The summed E-state index contributed by atoms with van der Waals surface area (Å²) in [6.07, 6.45) is 1.95. The first-order valence-electron chi connectivity index (χ1n) is 6.99. The van der Waals surface area contributed by atoms with Crippen molar-refractivity contribution in [2.45, 2.75) is 44.6 Å². The molecule has 0 spiro atoms. The Morgan fingerprint density at radius 1 is 1.26 bits per heavy atom. The maximum Gasteiger partial charge on any atom is 0.410 e. The van der Waals surface area contributed by atoms with E-state index in [1.807, 2.05) is 4.90 Å². The molecule has 0 aromatic heterocycles. The Morgan fingerprint density at radius 2 is 2.00 bits per heavy atom. The standard InChI is InChI=1S/C16H21NO2/c1-15(2,3)12-5-4-6-13(11-12)16(7-8-16)17-9-10-19-14(17)18/h4-6,11H,7-10H2,1-3H3. The van der Waals surface area contributed by atoms with Gasteiger partial charge < -0.3 is 4.74 Å². The number of benzene rings is 1. The summed E-state index contributed by atoms with van der Waals surface area (Å²) in [6.45, 7) is 7.90. The van der Waals surface area contributed by atoms with Crippen LogP contribution in [-0.4, -0.2) is 24.1 Å². The topological polar surface area (TPSA) is 29.5 Å². The zero-order valence-electron chi connectivity index (χ0n) is 11.9. The third-order valence-corrected chi connectivity index (χ3v) is 4.27. The highest BCUT2D eigenvalue weighted by Gasteiger charge is 2.53. The molecular formula is C16H21NO2. The van der Waals surface area contributed by atoms with E-state index in [2.05, 4.69) is 45.0 Å². The van der Waals surface area contributed by atoms with Crippen molar-refractivity contribution in [2.75, 3.05) is 13.2 Å². The molecule has 102 valence electrons. The SMILES string of the molecule is CC(C)(C)c1cccc(C2(N3CCOC3=O)CC2)c1. The Bertz CT molecular complexity index is 512. The highest BCUT2D eigenvalue weighted by atomic mass is 16.6. The number of hydrogen-bond donors (Lipinski definition) is 0. The molecule has 1 aromatic carbocycles. The molecule has 19 heavy (non-hydrogen) atoms. The van der Waals surface area contributed by atoms with Gasteiger partial charge in [-0.3, -0.25) is 4.90 Å². The Balaban J connectivity index is 1.96. The zero-order valence-corrected chi connectivity index (χ0v) is 11.9. The van der Waals surface area contributed by atoms with E-state index < -0.39 is 0 Å². The quantitative estimate of drug-likeness (QED) is 0.814. The lowest BCUT2D eigenvalue weighted by atomic mass is 9.85. The predicted molar refractivity (Wildman–Crippen MR) is 74.1 cm³/mol. The largest absolute Gasteiger partial charge is 0.448 e. The van der Waals surface area contributed by atoms with E-state index in [9.17, 15) is 4.79 Å². The van der Waals surface area contributed by atoms with Gasteiger partial charge in [-0.2, -0.15) is 0 Å². The monoisotopic (exact) mass is 259 g/mol. The minimum Gasteiger partial charge on any atom is -0.448 e. The molecule has 1 amide bonds. The van der Waals surface area contributed by atoms with Crippen molar-refractivity contribution in [3.8, 4) is 0 Å². The highest BCUT2D eigenvalue weighted by molar-refractivity contribution is 5.71. The van der Waals surface area contributed by atoms with E-state index in [-0.39, 0.29) is 17.0 Å². The first kappa shape index (κ1) is 12.5. The van der Waals surface area contributed by atoms with Crippen LogP contribution >= 0.6 is 0 Å². The predicted octanol–water partition coefficient (Wildman–Crippen LogP) is 3.43. The van der Waals surface area contributed by atoms with E-state index in [1.54, 1.807) is 0 Å². The molecule has 1 aliphatic heterocycles. The van der Waals surface area contributed by atoms with E-state index in [0.717, 1.165) is 19.4 Å². The average molecular weight is 259 g/mol. The fourth-order valence-corrected chi connectivity index (χ4v) is 2.89. The summed E-state index contributed by atoms with van der Waals surface area (Å²) < 4.78 is 5.10. The molecule has 2 aliphatic rings. The summed E-state index contributed by atoms with van der Waals surface area (Å²) in [5, 5.41) is 0. The molecule has 1 saturated heterocycles.